The highest BCUT2D eigenvalue weighted by atomic mass is 16.5. The lowest BCUT2D eigenvalue weighted by molar-refractivity contribution is -0.138. The number of nitrogens with zero attached hydrogens (tertiary/aromatic N) is 4. The lowest BCUT2D eigenvalue weighted by Gasteiger charge is -2.39. The van der Waals surface area contributed by atoms with E-state index in [9.17, 15) is 14.4 Å². The van der Waals surface area contributed by atoms with Crippen LogP contribution < -0.4 is 10.6 Å². The van der Waals surface area contributed by atoms with E-state index < -0.39 is 11.9 Å². The first-order chi connectivity index (χ1) is 12.0. The number of likely N-dealkylation sites (N-methyl/N-ethyl adjacent to an activating group) is 1. The Hall–Kier alpha value is -2.65. The summed E-state index contributed by atoms with van der Waals surface area (Å²) in [6, 6.07) is -0.815. The molecule has 1 aliphatic rings. The molecular formula is C15H24N6O4. The molecule has 2 rings (SSSR count). The zero-order chi connectivity index (χ0) is 18.4. The molecule has 4 amide bonds. The fourth-order valence-electron chi connectivity index (χ4n) is 2.61. The highest BCUT2D eigenvalue weighted by Crippen LogP contribution is 2.16. The van der Waals surface area contributed by atoms with E-state index in [1.165, 1.54) is 7.05 Å². The molecule has 0 saturated carbocycles. The Morgan fingerprint density at radius 1 is 1.36 bits per heavy atom. The number of aromatic nitrogens is 2. The van der Waals surface area contributed by atoms with E-state index in [1.54, 1.807) is 16.8 Å². The number of hydrogen-bond donors (Lipinski definition) is 2. The lowest BCUT2D eigenvalue weighted by Crippen LogP contribution is -2.59. The van der Waals surface area contributed by atoms with Gasteiger partial charge >= 0.3 is 6.03 Å². The van der Waals surface area contributed by atoms with E-state index in [1.807, 2.05) is 6.92 Å². The monoisotopic (exact) mass is 352 g/mol. The van der Waals surface area contributed by atoms with Crippen molar-refractivity contribution in [3.8, 4) is 0 Å². The lowest BCUT2D eigenvalue weighted by atomic mass is 10.0. The number of nitrogens with one attached hydrogen (secondary N) is 2. The molecule has 0 aromatic carbocycles. The summed E-state index contributed by atoms with van der Waals surface area (Å²) < 4.78 is 4.92. The van der Waals surface area contributed by atoms with Gasteiger partial charge in [0.25, 0.3) is 11.7 Å². The van der Waals surface area contributed by atoms with Gasteiger partial charge in [-0.3, -0.25) is 9.59 Å². The average molecular weight is 352 g/mol. The minimum Gasteiger partial charge on any atom is -0.352 e. The van der Waals surface area contributed by atoms with Crippen molar-refractivity contribution >= 4 is 17.8 Å². The second-order valence-electron chi connectivity index (χ2n) is 5.86. The van der Waals surface area contributed by atoms with Crippen molar-refractivity contribution < 1.29 is 18.9 Å². The first kappa shape index (κ1) is 18.7. The van der Waals surface area contributed by atoms with Crippen LogP contribution in [0.2, 0.25) is 0 Å². The largest absolute Gasteiger partial charge is 0.352 e. The SMILES string of the molecule is CCCCC1C(=O)N(C)CCN1C(=O)NCc1nc(C(=O)NC)no1. The van der Waals surface area contributed by atoms with Gasteiger partial charge in [0.05, 0.1) is 6.54 Å². The molecule has 0 aliphatic carbocycles. The summed E-state index contributed by atoms with van der Waals surface area (Å²) >= 11 is 0. The van der Waals surface area contributed by atoms with Crippen molar-refractivity contribution in [2.45, 2.75) is 38.8 Å². The maximum Gasteiger partial charge on any atom is 0.318 e. The molecule has 25 heavy (non-hydrogen) atoms. The van der Waals surface area contributed by atoms with Crippen molar-refractivity contribution in [3.63, 3.8) is 0 Å². The fraction of sp³-hybridized carbons (Fsp3) is 0.667. The molecule has 10 nitrogen and oxygen atoms in total. The molecule has 1 aromatic rings. The van der Waals surface area contributed by atoms with Crippen LogP contribution >= 0.6 is 0 Å². The summed E-state index contributed by atoms with van der Waals surface area (Å²) in [5, 5.41) is 8.58. The first-order valence-corrected chi connectivity index (χ1v) is 8.32. The summed E-state index contributed by atoms with van der Waals surface area (Å²) in [4.78, 5) is 43.3. The Morgan fingerprint density at radius 2 is 2.12 bits per heavy atom. The molecule has 1 aliphatic heterocycles. The van der Waals surface area contributed by atoms with E-state index in [0.717, 1.165) is 12.8 Å². The van der Waals surface area contributed by atoms with Crippen molar-refractivity contribution in [2.24, 2.45) is 0 Å². The molecule has 1 saturated heterocycles. The summed E-state index contributed by atoms with van der Waals surface area (Å²) in [6.07, 6.45) is 2.45. The van der Waals surface area contributed by atoms with Gasteiger partial charge in [-0.25, -0.2) is 4.79 Å². The molecule has 10 heteroatoms. The van der Waals surface area contributed by atoms with Crippen LogP contribution in [0.4, 0.5) is 4.79 Å². The van der Waals surface area contributed by atoms with Crippen LogP contribution in [0.15, 0.2) is 4.52 Å². The maximum absolute atomic E-state index is 12.5. The molecule has 1 unspecified atom stereocenters. The predicted octanol–water partition coefficient (Wildman–Crippen LogP) is -0.0284. The minimum atomic E-state index is -0.467. The molecule has 0 bridgehead atoms. The summed E-state index contributed by atoms with van der Waals surface area (Å²) in [6.45, 7) is 3.00. The van der Waals surface area contributed by atoms with E-state index >= 15 is 0 Å². The summed E-state index contributed by atoms with van der Waals surface area (Å²) in [7, 11) is 3.20. The smallest absolute Gasteiger partial charge is 0.318 e. The highest BCUT2D eigenvalue weighted by molar-refractivity contribution is 5.90. The Morgan fingerprint density at radius 3 is 2.80 bits per heavy atom. The zero-order valence-corrected chi connectivity index (χ0v) is 14.7. The number of amides is 4. The topological polar surface area (TPSA) is 121 Å². The van der Waals surface area contributed by atoms with Gasteiger partial charge in [0.15, 0.2) is 0 Å². The highest BCUT2D eigenvalue weighted by Gasteiger charge is 2.35. The van der Waals surface area contributed by atoms with Crippen molar-refractivity contribution in [1.82, 2.24) is 30.6 Å². The van der Waals surface area contributed by atoms with E-state index in [0.29, 0.717) is 19.5 Å². The van der Waals surface area contributed by atoms with Gasteiger partial charge in [-0.2, -0.15) is 4.98 Å². The van der Waals surface area contributed by atoms with Crippen LogP contribution in [0.5, 0.6) is 0 Å². The van der Waals surface area contributed by atoms with Gasteiger partial charge in [0, 0.05) is 27.2 Å². The third-order valence-electron chi connectivity index (χ3n) is 4.09. The standard InChI is InChI=1S/C15H24N6O4/c1-4-5-6-10-14(23)20(3)7-8-21(10)15(24)17-9-11-18-12(19-25-11)13(22)16-2/h10H,4-9H2,1-3H3,(H,16,22)(H,17,24). The predicted molar refractivity (Wildman–Crippen MR) is 87.6 cm³/mol. The molecule has 0 radical (unpaired) electrons. The van der Waals surface area contributed by atoms with Crippen LogP contribution in [-0.2, 0) is 11.3 Å². The number of carbonyl (C=O) groups excluding carboxylic acids is 3. The van der Waals surface area contributed by atoms with Crippen molar-refractivity contribution in [1.29, 1.82) is 0 Å². The summed E-state index contributed by atoms with van der Waals surface area (Å²) in [5.41, 5.74) is 0. The van der Waals surface area contributed by atoms with Crippen LogP contribution in [0.1, 0.15) is 42.7 Å². The number of hydrogen-bond acceptors (Lipinski definition) is 6. The molecule has 1 atom stereocenters. The zero-order valence-electron chi connectivity index (χ0n) is 14.7. The third kappa shape index (κ3) is 4.46. The van der Waals surface area contributed by atoms with Crippen LogP contribution in [0.25, 0.3) is 0 Å². The quantitative estimate of drug-likeness (QED) is 0.742. The van der Waals surface area contributed by atoms with Gasteiger partial charge in [0.1, 0.15) is 6.04 Å². The Labute approximate surface area is 145 Å². The molecular weight excluding hydrogens is 328 g/mol. The normalized spacial score (nSPS) is 17.6. The third-order valence-corrected chi connectivity index (χ3v) is 4.09. The molecule has 2 heterocycles. The minimum absolute atomic E-state index is 0.0101. The number of piperazine rings is 1. The van der Waals surface area contributed by atoms with Gasteiger partial charge in [-0.05, 0) is 6.42 Å². The Balaban J connectivity index is 1.97. The van der Waals surface area contributed by atoms with Gasteiger partial charge in [-0.1, -0.05) is 24.9 Å². The van der Waals surface area contributed by atoms with Crippen LogP contribution in [-0.4, -0.2) is 71.0 Å². The Kier molecular flexibility index (Phi) is 6.31. The molecule has 1 aromatic heterocycles. The van der Waals surface area contributed by atoms with Gasteiger partial charge < -0.3 is 25.0 Å². The summed E-state index contributed by atoms with van der Waals surface area (Å²) in [5.74, 6) is -0.486. The number of rotatable bonds is 6. The molecule has 0 spiro atoms. The van der Waals surface area contributed by atoms with E-state index in [-0.39, 0.29) is 30.2 Å². The Bertz CT molecular complexity index is 631. The average Bonchev–Trinajstić information content (AvgIpc) is 3.09. The van der Waals surface area contributed by atoms with Gasteiger partial charge in [0.2, 0.25) is 11.8 Å². The molecule has 1 fully saturated rings. The fourth-order valence-corrected chi connectivity index (χ4v) is 2.61. The van der Waals surface area contributed by atoms with Crippen molar-refractivity contribution in [2.75, 3.05) is 27.2 Å². The van der Waals surface area contributed by atoms with E-state index in [4.69, 9.17) is 4.52 Å². The van der Waals surface area contributed by atoms with Crippen molar-refractivity contribution in [3.05, 3.63) is 11.7 Å². The van der Waals surface area contributed by atoms with Crippen LogP contribution in [0.3, 0.4) is 0 Å². The number of urea groups is 1. The number of unbranched alkanes of at least 4 members (excludes halogenated alkanes) is 1. The molecule has 2 N–H and O–H groups in total. The second kappa shape index (κ2) is 8.45. The maximum atomic E-state index is 12.5. The second-order valence-corrected chi connectivity index (χ2v) is 5.86. The first-order valence-electron chi connectivity index (χ1n) is 8.32. The molecule has 138 valence electrons. The van der Waals surface area contributed by atoms with E-state index in [2.05, 4.69) is 20.8 Å². The van der Waals surface area contributed by atoms with Crippen LogP contribution in [0, 0.1) is 0 Å². The van der Waals surface area contributed by atoms with Gasteiger partial charge in [-0.15, -0.1) is 0 Å². The number of carbonyl (C=O) groups is 3.